The Morgan fingerprint density at radius 1 is 1.26 bits per heavy atom. The highest BCUT2D eigenvalue weighted by Crippen LogP contribution is 2.21. The summed E-state index contributed by atoms with van der Waals surface area (Å²) in [6.07, 6.45) is 0. The van der Waals surface area contributed by atoms with E-state index in [9.17, 15) is 4.79 Å². The first-order valence-corrected chi connectivity index (χ1v) is 8.97. The van der Waals surface area contributed by atoms with Crippen LogP contribution in [0.2, 0.25) is 0 Å². The van der Waals surface area contributed by atoms with Gasteiger partial charge in [0.1, 0.15) is 5.75 Å². The average Bonchev–Trinajstić information content (AvgIpc) is 2.51. The molecule has 0 saturated heterocycles. The van der Waals surface area contributed by atoms with Crippen molar-refractivity contribution in [3.8, 4) is 5.75 Å². The van der Waals surface area contributed by atoms with Gasteiger partial charge in [0.25, 0.3) is 5.91 Å². The topological polar surface area (TPSA) is 50.4 Å². The van der Waals surface area contributed by atoms with Crippen LogP contribution >= 0.6 is 50.7 Å². The van der Waals surface area contributed by atoms with Crippen LogP contribution in [0.25, 0.3) is 0 Å². The summed E-state index contributed by atoms with van der Waals surface area (Å²) in [5, 5.41) is 5.78. The summed E-state index contributed by atoms with van der Waals surface area (Å²) < 4.78 is 7.57. The first-order chi connectivity index (χ1) is 10.9. The van der Waals surface area contributed by atoms with Crippen LogP contribution in [-0.4, -0.2) is 17.6 Å². The third kappa shape index (κ3) is 6.08. The fourth-order valence-electron chi connectivity index (χ4n) is 1.71. The smallest absolute Gasteiger partial charge is 0.264 e. The van der Waals surface area contributed by atoms with Gasteiger partial charge >= 0.3 is 0 Å². The van der Waals surface area contributed by atoms with E-state index in [0.29, 0.717) is 5.75 Å². The number of carbonyl (C=O) groups is 1. The van der Waals surface area contributed by atoms with Gasteiger partial charge in [-0.2, -0.15) is 0 Å². The van der Waals surface area contributed by atoms with Crippen LogP contribution in [0, 0.1) is 10.5 Å². The Hall–Kier alpha value is -1.19. The number of hydrogen-bond acceptors (Lipinski definition) is 3. The van der Waals surface area contributed by atoms with Crippen molar-refractivity contribution in [2.45, 2.75) is 6.92 Å². The average molecular weight is 505 g/mol. The maximum Gasteiger partial charge on any atom is 0.264 e. The summed E-state index contributed by atoms with van der Waals surface area (Å²) in [5.74, 6) is 0.325. The minimum Gasteiger partial charge on any atom is -0.484 e. The molecule has 0 radical (unpaired) electrons. The molecule has 2 N–H and O–H groups in total. The maximum absolute atomic E-state index is 11.8. The Kier molecular flexibility index (Phi) is 6.79. The normalized spacial score (nSPS) is 10.0. The summed E-state index contributed by atoms with van der Waals surface area (Å²) >= 11 is 10.7. The highest BCUT2D eigenvalue weighted by atomic mass is 127. The van der Waals surface area contributed by atoms with Gasteiger partial charge < -0.3 is 10.1 Å². The Balaban J connectivity index is 1.80. The van der Waals surface area contributed by atoms with Crippen LogP contribution in [-0.2, 0) is 4.79 Å². The van der Waals surface area contributed by atoms with Gasteiger partial charge in [0.2, 0.25) is 0 Å². The fraction of sp³-hybridized carbons (Fsp3) is 0.125. The summed E-state index contributed by atoms with van der Waals surface area (Å²) in [5.41, 5.74) is 1.86. The van der Waals surface area contributed by atoms with Crippen molar-refractivity contribution in [2.75, 3.05) is 11.9 Å². The van der Waals surface area contributed by atoms with E-state index in [1.54, 1.807) is 6.07 Å². The number of amides is 1. The number of aryl methyl sites for hydroxylation is 1. The second kappa shape index (κ2) is 8.60. The maximum atomic E-state index is 11.8. The van der Waals surface area contributed by atoms with Crippen molar-refractivity contribution in [3.63, 3.8) is 0 Å². The lowest BCUT2D eigenvalue weighted by atomic mass is 10.2. The van der Waals surface area contributed by atoms with Gasteiger partial charge in [0.05, 0.1) is 0 Å². The molecule has 0 unspecified atom stereocenters. The molecule has 0 spiro atoms. The van der Waals surface area contributed by atoms with E-state index in [1.807, 2.05) is 43.3 Å². The van der Waals surface area contributed by atoms with Crippen molar-refractivity contribution < 1.29 is 9.53 Å². The van der Waals surface area contributed by atoms with Crippen LogP contribution in [0.5, 0.6) is 5.75 Å². The number of ether oxygens (including phenoxy) is 1. The van der Waals surface area contributed by atoms with Gasteiger partial charge in [-0.3, -0.25) is 10.1 Å². The zero-order valence-electron chi connectivity index (χ0n) is 12.2. The molecule has 0 atom stereocenters. The van der Waals surface area contributed by atoms with Crippen molar-refractivity contribution in [1.82, 2.24) is 5.32 Å². The van der Waals surface area contributed by atoms with E-state index in [0.717, 1.165) is 19.3 Å². The molecule has 0 aliphatic rings. The van der Waals surface area contributed by atoms with Crippen LogP contribution in [0.3, 0.4) is 0 Å². The first-order valence-electron chi connectivity index (χ1n) is 6.69. The molecule has 7 heteroatoms. The predicted molar refractivity (Wildman–Crippen MR) is 108 cm³/mol. The molecule has 0 saturated carbocycles. The molecule has 4 nitrogen and oxygen atoms in total. The van der Waals surface area contributed by atoms with Gasteiger partial charge in [-0.25, -0.2) is 0 Å². The van der Waals surface area contributed by atoms with Gasteiger partial charge in [-0.15, -0.1) is 0 Å². The molecular formula is C16H14BrIN2O2S. The second-order valence-corrected chi connectivity index (χ2v) is 7.22. The molecular weight excluding hydrogens is 491 g/mol. The Labute approximate surface area is 162 Å². The molecule has 0 aliphatic carbocycles. The van der Waals surface area contributed by atoms with Gasteiger partial charge in [-0.1, -0.05) is 15.9 Å². The number of rotatable bonds is 4. The van der Waals surface area contributed by atoms with Crippen LogP contribution < -0.4 is 15.4 Å². The largest absolute Gasteiger partial charge is 0.484 e. The van der Waals surface area contributed by atoms with Crippen LogP contribution in [0.1, 0.15) is 5.56 Å². The number of anilines is 1. The van der Waals surface area contributed by atoms with E-state index in [1.165, 1.54) is 0 Å². The SMILES string of the molecule is Cc1cc(OCC(=O)NC(=S)Nc2ccc(I)cc2)ccc1Br. The van der Waals surface area contributed by atoms with Gasteiger partial charge in [0.15, 0.2) is 11.7 Å². The number of carbonyl (C=O) groups excluding carboxylic acids is 1. The standard InChI is InChI=1S/C16H14BrIN2O2S/c1-10-8-13(6-7-14(10)17)22-9-15(21)20-16(23)19-12-4-2-11(18)3-5-12/h2-8H,9H2,1H3,(H2,19,20,21,23). The van der Waals surface area contributed by atoms with Gasteiger partial charge in [-0.05, 0) is 89.8 Å². The van der Waals surface area contributed by atoms with Crippen molar-refractivity contribution in [2.24, 2.45) is 0 Å². The molecule has 2 aromatic carbocycles. The lowest BCUT2D eigenvalue weighted by molar-refractivity contribution is -0.121. The monoisotopic (exact) mass is 504 g/mol. The first kappa shape index (κ1) is 18.2. The van der Waals surface area contributed by atoms with Crippen molar-refractivity contribution in [1.29, 1.82) is 0 Å². The summed E-state index contributed by atoms with van der Waals surface area (Å²) in [6, 6.07) is 13.2. The minimum atomic E-state index is -0.311. The van der Waals surface area contributed by atoms with Crippen molar-refractivity contribution in [3.05, 3.63) is 56.1 Å². The quantitative estimate of drug-likeness (QED) is 0.482. The van der Waals surface area contributed by atoms with Crippen LogP contribution in [0.15, 0.2) is 46.9 Å². The van der Waals surface area contributed by atoms with Crippen molar-refractivity contribution >= 4 is 67.4 Å². The molecule has 0 fully saturated rings. The number of halogens is 2. The summed E-state index contributed by atoms with van der Waals surface area (Å²) in [4.78, 5) is 11.8. The lowest BCUT2D eigenvalue weighted by Gasteiger charge is -2.11. The molecule has 0 bridgehead atoms. The molecule has 2 aromatic rings. The molecule has 23 heavy (non-hydrogen) atoms. The number of thiocarbonyl (C=S) groups is 1. The van der Waals surface area contributed by atoms with E-state index in [2.05, 4.69) is 49.2 Å². The molecule has 2 rings (SSSR count). The zero-order valence-corrected chi connectivity index (χ0v) is 16.8. The van der Waals surface area contributed by atoms with Crippen LogP contribution in [0.4, 0.5) is 5.69 Å². The fourth-order valence-corrected chi connectivity index (χ4v) is 2.55. The minimum absolute atomic E-state index is 0.102. The lowest BCUT2D eigenvalue weighted by Crippen LogP contribution is -2.37. The molecule has 0 aromatic heterocycles. The Morgan fingerprint density at radius 3 is 2.61 bits per heavy atom. The summed E-state index contributed by atoms with van der Waals surface area (Å²) in [6.45, 7) is 1.85. The highest BCUT2D eigenvalue weighted by Gasteiger charge is 2.07. The van der Waals surface area contributed by atoms with E-state index in [4.69, 9.17) is 17.0 Å². The third-order valence-corrected chi connectivity index (χ3v) is 4.67. The molecule has 120 valence electrons. The summed E-state index contributed by atoms with van der Waals surface area (Å²) in [7, 11) is 0. The van der Waals surface area contributed by atoms with Gasteiger partial charge in [0, 0.05) is 13.7 Å². The predicted octanol–water partition coefficient (Wildman–Crippen LogP) is 4.25. The number of benzene rings is 2. The van der Waals surface area contributed by atoms with E-state index >= 15 is 0 Å². The van der Waals surface area contributed by atoms with E-state index in [-0.39, 0.29) is 17.6 Å². The van der Waals surface area contributed by atoms with E-state index < -0.39 is 0 Å². The molecule has 0 aliphatic heterocycles. The molecule has 1 amide bonds. The third-order valence-electron chi connectivity index (χ3n) is 2.85. The zero-order chi connectivity index (χ0) is 16.8. The second-order valence-electron chi connectivity index (χ2n) is 4.71. The number of nitrogens with one attached hydrogen (secondary N) is 2. The Morgan fingerprint density at radius 2 is 1.96 bits per heavy atom. The molecule has 0 heterocycles. The number of hydrogen-bond donors (Lipinski definition) is 2. The highest BCUT2D eigenvalue weighted by molar-refractivity contribution is 14.1. The Bertz CT molecular complexity index is 723.